The molecule has 0 bridgehead atoms. The highest BCUT2D eigenvalue weighted by atomic mass is 16.5. The second kappa shape index (κ2) is 8.40. The fourth-order valence-electron chi connectivity index (χ4n) is 2.46. The van der Waals surface area contributed by atoms with Gasteiger partial charge in [0, 0.05) is 6.54 Å². The van der Waals surface area contributed by atoms with Gasteiger partial charge in [0.1, 0.15) is 5.75 Å². The molecule has 0 spiro atoms. The first-order valence-corrected chi connectivity index (χ1v) is 7.90. The van der Waals surface area contributed by atoms with Crippen molar-refractivity contribution in [2.24, 2.45) is 5.41 Å². The zero-order valence-electron chi connectivity index (χ0n) is 14.5. The van der Waals surface area contributed by atoms with Crippen LogP contribution < -0.4 is 4.74 Å². The number of benzene rings is 1. The lowest BCUT2D eigenvalue weighted by atomic mass is 9.84. The van der Waals surface area contributed by atoms with Crippen LogP contribution in [0.5, 0.6) is 5.75 Å². The van der Waals surface area contributed by atoms with E-state index >= 15 is 0 Å². The third-order valence-electron chi connectivity index (χ3n) is 3.79. The fourth-order valence-corrected chi connectivity index (χ4v) is 2.46. The van der Waals surface area contributed by atoms with Gasteiger partial charge < -0.3 is 14.4 Å². The minimum Gasteiger partial charge on any atom is -0.497 e. The van der Waals surface area contributed by atoms with E-state index in [0.29, 0.717) is 0 Å². The number of methoxy groups -OCH3 is 1. The summed E-state index contributed by atoms with van der Waals surface area (Å²) in [5, 5.41) is 0. The Morgan fingerprint density at radius 3 is 2.05 bits per heavy atom. The minimum atomic E-state index is 0.0673. The van der Waals surface area contributed by atoms with Crippen LogP contribution in [0.3, 0.4) is 0 Å². The zero-order chi connectivity index (χ0) is 15.9. The van der Waals surface area contributed by atoms with Gasteiger partial charge in [0.2, 0.25) is 0 Å². The summed E-state index contributed by atoms with van der Waals surface area (Å²) in [6, 6.07) is 8.21. The van der Waals surface area contributed by atoms with Gasteiger partial charge in [0.25, 0.3) is 0 Å². The fraction of sp³-hybridized carbons (Fsp3) is 0.667. The third-order valence-corrected chi connectivity index (χ3v) is 3.79. The van der Waals surface area contributed by atoms with Crippen molar-refractivity contribution in [3.05, 3.63) is 29.8 Å². The summed E-state index contributed by atoms with van der Waals surface area (Å²) >= 11 is 0. The van der Waals surface area contributed by atoms with Crippen LogP contribution in [0.15, 0.2) is 24.3 Å². The van der Waals surface area contributed by atoms with Gasteiger partial charge in [-0.25, -0.2) is 0 Å². The number of hydrogen-bond donors (Lipinski definition) is 0. The molecule has 1 rings (SSSR count). The number of ether oxygens (including phenoxy) is 2. The molecule has 1 atom stereocenters. The Labute approximate surface area is 130 Å². The van der Waals surface area contributed by atoms with E-state index in [2.05, 4.69) is 51.7 Å². The van der Waals surface area contributed by atoms with Crippen LogP contribution in [0, 0.1) is 5.41 Å². The maximum Gasteiger partial charge on any atom is 0.118 e. The van der Waals surface area contributed by atoms with Crippen molar-refractivity contribution in [3.63, 3.8) is 0 Å². The van der Waals surface area contributed by atoms with Crippen molar-refractivity contribution in [2.45, 2.75) is 40.7 Å². The molecule has 1 aromatic carbocycles. The Bertz CT molecular complexity index is 391. The van der Waals surface area contributed by atoms with Crippen LogP contribution >= 0.6 is 0 Å². The highest BCUT2D eigenvalue weighted by Crippen LogP contribution is 2.36. The van der Waals surface area contributed by atoms with Crippen molar-refractivity contribution >= 4 is 0 Å². The van der Waals surface area contributed by atoms with Gasteiger partial charge in [-0.05, 0) is 36.2 Å². The summed E-state index contributed by atoms with van der Waals surface area (Å²) in [7, 11) is 1.69. The summed E-state index contributed by atoms with van der Waals surface area (Å²) in [6.07, 6.45) is 0.0963. The maximum atomic E-state index is 6.22. The Hall–Kier alpha value is -1.06. The zero-order valence-corrected chi connectivity index (χ0v) is 14.5. The predicted octanol–water partition coefficient (Wildman–Crippen LogP) is 4.14. The van der Waals surface area contributed by atoms with Gasteiger partial charge in [-0.3, -0.25) is 0 Å². The maximum absolute atomic E-state index is 6.22. The first kappa shape index (κ1) is 18.0. The molecule has 0 aliphatic rings. The molecular weight excluding hydrogens is 262 g/mol. The van der Waals surface area contributed by atoms with Gasteiger partial charge in [-0.1, -0.05) is 46.8 Å². The largest absolute Gasteiger partial charge is 0.497 e. The predicted molar refractivity (Wildman–Crippen MR) is 88.9 cm³/mol. The topological polar surface area (TPSA) is 21.7 Å². The summed E-state index contributed by atoms with van der Waals surface area (Å²) in [5.74, 6) is 0.884. The molecule has 0 heterocycles. The highest BCUT2D eigenvalue weighted by Gasteiger charge is 2.27. The van der Waals surface area contributed by atoms with Crippen molar-refractivity contribution in [1.82, 2.24) is 4.90 Å². The number of hydrogen-bond acceptors (Lipinski definition) is 3. The number of likely N-dealkylation sites (N-methyl/N-ethyl adjacent to an activating group) is 1. The SMILES string of the molecule is CCN(CC)CCOC(c1ccc(OC)cc1)C(C)(C)C. The first-order chi connectivity index (χ1) is 9.92. The molecular formula is C18H31NO2. The number of nitrogens with zero attached hydrogens (tertiary/aromatic N) is 1. The third kappa shape index (κ3) is 5.68. The van der Waals surface area contributed by atoms with Crippen LogP contribution in [-0.2, 0) is 4.74 Å². The van der Waals surface area contributed by atoms with E-state index < -0.39 is 0 Å². The summed E-state index contributed by atoms with van der Waals surface area (Å²) in [5.41, 5.74) is 1.28. The average Bonchev–Trinajstić information content (AvgIpc) is 2.46. The van der Waals surface area contributed by atoms with E-state index in [9.17, 15) is 0 Å². The van der Waals surface area contributed by atoms with E-state index in [0.717, 1.165) is 32.0 Å². The second-order valence-electron chi connectivity index (χ2n) is 6.42. The quantitative estimate of drug-likeness (QED) is 0.719. The smallest absolute Gasteiger partial charge is 0.118 e. The molecule has 0 saturated heterocycles. The molecule has 0 fully saturated rings. The van der Waals surface area contributed by atoms with Gasteiger partial charge in [-0.2, -0.15) is 0 Å². The van der Waals surface area contributed by atoms with E-state index in [1.807, 2.05) is 12.1 Å². The van der Waals surface area contributed by atoms with E-state index in [1.54, 1.807) is 7.11 Å². The molecule has 3 nitrogen and oxygen atoms in total. The van der Waals surface area contributed by atoms with Gasteiger partial charge >= 0.3 is 0 Å². The molecule has 0 N–H and O–H groups in total. The molecule has 0 aliphatic carbocycles. The van der Waals surface area contributed by atoms with Crippen molar-refractivity contribution in [1.29, 1.82) is 0 Å². The molecule has 1 aromatic rings. The molecule has 0 amide bonds. The van der Waals surface area contributed by atoms with E-state index in [-0.39, 0.29) is 11.5 Å². The van der Waals surface area contributed by atoms with E-state index in [4.69, 9.17) is 9.47 Å². The molecule has 120 valence electrons. The monoisotopic (exact) mass is 293 g/mol. The van der Waals surface area contributed by atoms with Crippen LogP contribution in [0.2, 0.25) is 0 Å². The Balaban J connectivity index is 2.72. The molecule has 0 aliphatic heterocycles. The van der Waals surface area contributed by atoms with Crippen molar-refractivity contribution in [2.75, 3.05) is 33.4 Å². The molecule has 0 radical (unpaired) electrons. The van der Waals surface area contributed by atoms with Gasteiger partial charge in [-0.15, -0.1) is 0 Å². The van der Waals surface area contributed by atoms with Gasteiger partial charge in [0.05, 0.1) is 19.8 Å². The summed E-state index contributed by atoms with van der Waals surface area (Å²) in [6.45, 7) is 14.9. The van der Waals surface area contributed by atoms with Crippen molar-refractivity contribution < 1.29 is 9.47 Å². The minimum absolute atomic E-state index is 0.0673. The molecule has 1 unspecified atom stereocenters. The summed E-state index contributed by atoms with van der Waals surface area (Å²) in [4.78, 5) is 2.38. The van der Waals surface area contributed by atoms with Gasteiger partial charge in [0.15, 0.2) is 0 Å². The summed E-state index contributed by atoms with van der Waals surface area (Å²) < 4.78 is 11.4. The second-order valence-corrected chi connectivity index (χ2v) is 6.42. The average molecular weight is 293 g/mol. The Morgan fingerprint density at radius 2 is 1.62 bits per heavy atom. The van der Waals surface area contributed by atoms with E-state index in [1.165, 1.54) is 5.56 Å². The van der Waals surface area contributed by atoms with Crippen LogP contribution in [-0.4, -0.2) is 38.3 Å². The van der Waals surface area contributed by atoms with Crippen molar-refractivity contribution in [3.8, 4) is 5.75 Å². The first-order valence-electron chi connectivity index (χ1n) is 7.90. The molecule has 3 heteroatoms. The lowest BCUT2D eigenvalue weighted by Crippen LogP contribution is -2.29. The lowest BCUT2D eigenvalue weighted by molar-refractivity contribution is -0.0272. The Morgan fingerprint density at radius 1 is 1.05 bits per heavy atom. The molecule has 0 saturated carbocycles. The Kier molecular flexibility index (Phi) is 7.20. The molecule has 0 aromatic heterocycles. The number of rotatable bonds is 8. The lowest BCUT2D eigenvalue weighted by Gasteiger charge is -2.32. The standard InChI is InChI=1S/C18H31NO2/c1-7-19(8-2)13-14-21-17(18(3,4)5)15-9-11-16(20-6)12-10-15/h9-12,17H,7-8,13-14H2,1-6H3. The highest BCUT2D eigenvalue weighted by molar-refractivity contribution is 5.29. The van der Waals surface area contributed by atoms with Crippen LogP contribution in [0.25, 0.3) is 0 Å². The van der Waals surface area contributed by atoms with Crippen LogP contribution in [0.4, 0.5) is 0 Å². The molecule has 21 heavy (non-hydrogen) atoms. The van der Waals surface area contributed by atoms with Crippen LogP contribution in [0.1, 0.15) is 46.3 Å². The normalized spacial score (nSPS) is 13.5.